The molecule has 3 heteroatoms. The SMILES string of the molecule is C=CCCc1cccc(C)c1.C=CCn1c(=O)cc(O)c2ccc(C)cc21. The second-order valence-electron chi connectivity index (χ2n) is 6.60. The molecule has 0 atom stereocenters. The lowest BCUT2D eigenvalue weighted by molar-refractivity contribution is 0.479. The summed E-state index contributed by atoms with van der Waals surface area (Å²) in [6.07, 6.45) is 5.82. The number of rotatable bonds is 5. The largest absolute Gasteiger partial charge is 0.507 e. The fourth-order valence-electron chi connectivity index (χ4n) is 2.93. The Morgan fingerprint density at radius 1 is 1.00 bits per heavy atom. The maximum absolute atomic E-state index is 11.7. The molecule has 0 amide bonds. The van der Waals surface area contributed by atoms with E-state index < -0.39 is 0 Å². The molecule has 1 N–H and O–H groups in total. The Kier molecular flexibility index (Phi) is 7.18. The van der Waals surface area contributed by atoms with Crippen LogP contribution in [0.3, 0.4) is 0 Å². The van der Waals surface area contributed by atoms with Gasteiger partial charge in [-0.2, -0.15) is 0 Å². The topological polar surface area (TPSA) is 42.2 Å². The van der Waals surface area contributed by atoms with Crippen molar-refractivity contribution in [3.05, 3.63) is 101 Å². The summed E-state index contributed by atoms with van der Waals surface area (Å²) in [6, 6.07) is 15.5. The standard InChI is InChI=1S/C13H13NO2.C11H14/c1-3-6-14-11-7-9(2)4-5-10(11)12(15)8-13(14)16;1-3-4-7-11-8-5-6-10(2)9-11/h3-5,7-8,15H,1,6H2,2H3;3,5-6,8-9H,1,4,7H2,2H3. The highest BCUT2D eigenvalue weighted by molar-refractivity contribution is 5.85. The maximum Gasteiger partial charge on any atom is 0.255 e. The molecule has 0 saturated carbocycles. The first-order valence-electron chi connectivity index (χ1n) is 9.06. The summed E-state index contributed by atoms with van der Waals surface area (Å²) in [4.78, 5) is 11.7. The molecule has 0 aliphatic heterocycles. The molecule has 0 unspecified atom stereocenters. The van der Waals surface area contributed by atoms with Gasteiger partial charge >= 0.3 is 0 Å². The second kappa shape index (κ2) is 9.58. The molecule has 0 saturated heterocycles. The lowest BCUT2D eigenvalue weighted by Crippen LogP contribution is -2.18. The van der Waals surface area contributed by atoms with E-state index in [-0.39, 0.29) is 11.3 Å². The fourth-order valence-corrected chi connectivity index (χ4v) is 2.93. The summed E-state index contributed by atoms with van der Waals surface area (Å²) < 4.78 is 1.59. The molecule has 3 nitrogen and oxygen atoms in total. The van der Waals surface area contributed by atoms with E-state index in [2.05, 4.69) is 44.3 Å². The number of fused-ring (bicyclic) bond motifs is 1. The minimum atomic E-state index is -0.212. The van der Waals surface area contributed by atoms with E-state index in [4.69, 9.17) is 0 Å². The van der Waals surface area contributed by atoms with E-state index in [1.165, 1.54) is 17.2 Å². The van der Waals surface area contributed by atoms with Crippen LogP contribution in [-0.2, 0) is 13.0 Å². The number of aromatic hydroxyl groups is 1. The van der Waals surface area contributed by atoms with Gasteiger partial charge in [0.15, 0.2) is 0 Å². The highest BCUT2D eigenvalue weighted by Gasteiger charge is 2.06. The van der Waals surface area contributed by atoms with Gasteiger partial charge in [-0.3, -0.25) is 4.79 Å². The van der Waals surface area contributed by atoms with Crippen LogP contribution in [0.15, 0.2) is 78.6 Å². The highest BCUT2D eigenvalue weighted by atomic mass is 16.3. The summed E-state index contributed by atoms with van der Waals surface area (Å²) in [5.74, 6) is 0.0281. The van der Waals surface area contributed by atoms with Crippen LogP contribution < -0.4 is 5.56 Å². The first-order chi connectivity index (χ1) is 13.0. The van der Waals surface area contributed by atoms with E-state index in [1.807, 2.05) is 31.2 Å². The van der Waals surface area contributed by atoms with Gasteiger partial charge in [-0.05, 0) is 49.9 Å². The van der Waals surface area contributed by atoms with E-state index in [0.717, 1.165) is 23.9 Å². The minimum absolute atomic E-state index is 0.0281. The molecule has 0 fully saturated rings. The van der Waals surface area contributed by atoms with Gasteiger partial charge in [-0.1, -0.05) is 48.0 Å². The molecular weight excluding hydrogens is 334 g/mol. The number of allylic oxidation sites excluding steroid dienone is 2. The second-order valence-corrected chi connectivity index (χ2v) is 6.60. The van der Waals surface area contributed by atoms with Crippen LogP contribution in [0.5, 0.6) is 5.75 Å². The normalized spacial score (nSPS) is 10.1. The number of benzene rings is 2. The molecule has 3 rings (SSSR count). The Morgan fingerprint density at radius 2 is 1.74 bits per heavy atom. The lowest BCUT2D eigenvalue weighted by atomic mass is 10.1. The van der Waals surface area contributed by atoms with Gasteiger partial charge in [0.2, 0.25) is 0 Å². The van der Waals surface area contributed by atoms with Crippen molar-refractivity contribution in [1.82, 2.24) is 4.57 Å². The lowest BCUT2D eigenvalue weighted by Gasteiger charge is -2.09. The fraction of sp³-hybridized carbons (Fsp3) is 0.208. The Labute approximate surface area is 160 Å². The van der Waals surface area contributed by atoms with Gasteiger partial charge in [0.25, 0.3) is 5.56 Å². The number of hydrogen-bond donors (Lipinski definition) is 1. The number of hydrogen-bond acceptors (Lipinski definition) is 2. The van der Waals surface area contributed by atoms with Crippen LogP contribution in [0, 0.1) is 13.8 Å². The summed E-state index contributed by atoms with van der Waals surface area (Å²) in [7, 11) is 0. The smallest absolute Gasteiger partial charge is 0.255 e. The Morgan fingerprint density at radius 3 is 2.41 bits per heavy atom. The minimum Gasteiger partial charge on any atom is -0.507 e. The van der Waals surface area contributed by atoms with E-state index >= 15 is 0 Å². The van der Waals surface area contributed by atoms with Crippen molar-refractivity contribution in [3.8, 4) is 5.75 Å². The summed E-state index contributed by atoms with van der Waals surface area (Å²) >= 11 is 0. The number of aryl methyl sites for hydroxylation is 3. The van der Waals surface area contributed by atoms with Crippen molar-refractivity contribution in [3.63, 3.8) is 0 Å². The van der Waals surface area contributed by atoms with Crippen LogP contribution in [0.1, 0.15) is 23.1 Å². The molecule has 27 heavy (non-hydrogen) atoms. The molecule has 0 radical (unpaired) electrons. The Hall–Kier alpha value is -3.07. The predicted molar refractivity (Wildman–Crippen MR) is 115 cm³/mol. The monoisotopic (exact) mass is 361 g/mol. The van der Waals surface area contributed by atoms with Crippen LogP contribution in [0.25, 0.3) is 10.9 Å². The van der Waals surface area contributed by atoms with E-state index in [0.29, 0.717) is 11.9 Å². The van der Waals surface area contributed by atoms with Gasteiger partial charge in [0.05, 0.1) is 5.52 Å². The van der Waals surface area contributed by atoms with Crippen molar-refractivity contribution in [1.29, 1.82) is 0 Å². The first-order valence-corrected chi connectivity index (χ1v) is 9.06. The third-order valence-electron chi connectivity index (χ3n) is 4.28. The molecule has 0 bridgehead atoms. The summed E-state index contributed by atoms with van der Waals surface area (Å²) in [6.45, 7) is 11.8. The highest BCUT2D eigenvalue weighted by Crippen LogP contribution is 2.23. The Bertz CT molecular complexity index is 999. The summed E-state index contributed by atoms with van der Waals surface area (Å²) in [5.41, 5.74) is 4.33. The molecule has 1 aromatic heterocycles. The van der Waals surface area contributed by atoms with Crippen molar-refractivity contribution < 1.29 is 5.11 Å². The molecule has 2 aromatic carbocycles. The average molecular weight is 361 g/mol. The molecule has 0 spiro atoms. The van der Waals surface area contributed by atoms with E-state index in [1.54, 1.807) is 10.6 Å². The van der Waals surface area contributed by atoms with Crippen molar-refractivity contribution >= 4 is 10.9 Å². The Balaban J connectivity index is 0.000000208. The van der Waals surface area contributed by atoms with Gasteiger partial charge in [0, 0.05) is 18.0 Å². The zero-order valence-electron chi connectivity index (χ0n) is 16.1. The molecule has 140 valence electrons. The van der Waals surface area contributed by atoms with Gasteiger partial charge in [0.1, 0.15) is 5.75 Å². The number of pyridine rings is 1. The van der Waals surface area contributed by atoms with E-state index in [9.17, 15) is 9.90 Å². The van der Waals surface area contributed by atoms with Crippen molar-refractivity contribution in [2.45, 2.75) is 33.2 Å². The van der Waals surface area contributed by atoms with Crippen LogP contribution >= 0.6 is 0 Å². The molecule has 0 aliphatic carbocycles. The first kappa shape index (κ1) is 20.2. The van der Waals surface area contributed by atoms with Gasteiger partial charge in [-0.25, -0.2) is 0 Å². The van der Waals surface area contributed by atoms with Crippen molar-refractivity contribution in [2.75, 3.05) is 0 Å². The zero-order valence-corrected chi connectivity index (χ0v) is 16.1. The van der Waals surface area contributed by atoms with Crippen molar-refractivity contribution in [2.24, 2.45) is 0 Å². The van der Waals surface area contributed by atoms with Gasteiger partial charge in [-0.15, -0.1) is 13.2 Å². The van der Waals surface area contributed by atoms with Gasteiger partial charge < -0.3 is 9.67 Å². The molecular formula is C24H27NO2. The number of aromatic nitrogens is 1. The average Bonchev–Trinajstić information content (AvgIpc) is 2.64. The molecule has 0 aliphatic rings. The predicted octanol–water partition coefficient (Wildman–Crippen LogP) is 5.32. The van der Waals surface area contributed by atoms with Crippen LogP contribution in [0.2, 0.25) is 0 Å². The molecule has 1 heterocycles. The maximum atomic E-state index is 11.7. The summed E-state index contributed by atoms with van der Waals surface area (Å²) in [5, 5.41) is 10.4. The third kappa shape index (κ3) is 5.45. The zero-order chi connectivity index (χ0) is 19.8. The quantitative estimate of drug-likeness (QED) is 0.625. The van der Waals surface area contributed by atoms with Crippen LogP contribution in [-0.4, -0.2) is 9.67 Å². The molecule has 3 aromatic rings. The third-order valence-corrected chi connectivity index (χ3v) is 4.28. The number of nitrogens with zero attached hydrogens (tertiary/aromatic N) is 1. The van der Waals surface area contributed by atoms with Crippen LogP contribution in [0.4, 0.5) is 0 Å².